The van der Waals surface area contributed by atoms with Gasteiger partial charge in [0, 0.05) is 35.0 Å². The molecule has 0 fully saturated rings. The van der Waals surface area contributed by atoms with Crippen molar-refractivity contribution in [2.45, 2.75) is 25.8 Å². The van der Waals surface area contributed by atoms with Crippen molar-refractivity contribution < 1.29 is 4.79 Å². The van der Waals surface area contributed by atoms with E-state index < -0.39 is 0 Å². The minimum Gasteiger partial charge on any atom is -0.351 e. The van der Waals surface area contributed by atoms with E-state index in [4.69, 9.17) is 0 Å². The molecule has 1 aromatic rings. The zero-order chi connectivity index (χ0) is 9.84. The van der Waals surface area contributed by atoms with Crippen LogP contribution >= 0.6 is 22.9 Å². The van der Waals surface area contributed by atoms with Gasteiger partial charge in [-0.15, -0.1) is 0 Å². The molecule has 0 amide bonds. The zero-order valence-electron chi connectivity index (χ0n) is 7.54. The van der Waals surface area contributed by atoms with Crippen LogP contribution < -0.4 is 3.53 Å². The number of nitrogens with zero attached hydrogens (tertiary/aromatic N) is 1. The predicted molar refractivity (Wildman–Crippen MR) is 58.6 cm³/mol. The number of carbonyl (C=O) groups is 1. The van der Waals surface area contributed by atoms with Crippen molar-refractivity contribution in [1.29, 1.82) is 0 Å². The van der Waals surface area contributed by atoms with E-state index in [1.54, 1.807) is 13.3 Å². The lowest BCUT2D eigenvalue weighted by atomic mass is 9.97. The second kappa shape index (κ2) is 4.71. The second-order valence-electron chi connectivity index (χ2n) is 2.98. The van der Waals surface area contributed by atoms with Crippen molar-refractivity contribution in [3.63, 3.8) is 0 Å². The molecule has 4 nitrogen and oxygen atoms in total. The fraction of sp³-hybridized carbons (Fsp3) is 0.500. The third-order valence-electron chi connectivity index (χ3n) is 2.04. The minimum atomic E-state index is -0.163. The maximum Gasteiger partial charge on any atom is 0.148 e. The van der Waals surface area contributed by atoms with Gasteiger partial charge in [0.1, 0.15) is 5.78 Å². The molecule has 2 N–H and O–H groups in total. The highest BCUT2D eigenvalue weighted by atomic mass is 127. The van der Waals surface area contributed by atoms with Crippen molar-refractivity contribution in [3.05, 3.63) is 18.2 Å². The second-order valence-corrected chi connectivity index (χ2v) is 3.60. The van der Waals surface area contributed by atoms with Crippen LogP contribution in [-0.2, 0) is 4.79 Å². The first-order valence-electron chi connectivity index (χ1n) is 4.02. The summed E-state index contributed by atoms with van der Waals surface area (Å²) in [5.74, 6) is 0.227. The number of hydrogen-bond acceptors (Lipinski definition) is 3. The Morgan fingerprint density at radius 2 is 2.46 bits per heavy atom. The van der Waals surface area contributed by atoms with Gasteiger partial charge in [-0.3, -0.25) is 4.79 Å². The highest BCUT2D eigenvalue weighted by molar-refractivity contribution is 14.1. The number of rotatable bonds is 4. The summed E-state index contributed by atoms with van der Waals surface area (Å²) in [4.78, 5) is 18.2. The molecule has 2 unspecified atom stereocenters. The van der Waals surface area contributed by atoms with E-state index in [1.807, 2.05) is 36.0 Å². The highest BCUT2D eigenvalue weighted by Crippen LogP contribution is 2.17. The minimum absolute atomic E-state index is 0.0978. The lowest BCUT2D eigenvalue weighted by molar-refractivity contribution is -0.118. The summed E-state index contributed by atoms with van der Waals surface area (Å²) in [6, 6.07) is -0.163. The van der Waals surface area contributed by atoms with E-state index in [1.165, 1.54) is 0 Å². The number of hydrogen-bond donors (Lipinski definition) is 2. The number of aromatic amines is 1. The number of aromatic nitrogens is 2. The van der Waals surface area contributed by atoms with Crippen LogP contribution in [0.15, 0.2) is 12.5 Å². The van der Waals surface area contributed by atoms with Crippen LogP contribution in [0.2, 0.25) is 0 Å². The number of ketones is 1. The number of carbonyl (C=O) groups excluding carboxylic acids is 1. The van der Waals surface area contributed by atoms with Crippen molar-refractivity contribution in [3.8, 4) is 0 Å². The number of nitrogens with one attached hydrogen (secondary N) is 2. The van der Waals surface area contributed by atoms with Crippen LogP contribution in [0.5, 0.6) is 0 Å². The maximum absolute atomic E-state index is 11.2. The van der Waals surface area contributed by atoms with Gasteiger partial charge in [0.15, 0.2) is 0 Å². The average Bonchev–Trinajstić information content (AvgIpc) is 2.56. The van der Waals surface area contributed by atoms with Crippen LogP contribution in [-0.4, -0.2) is 21.8 Å². The Labute approximate surface area is 91.0 Å². The molecule has 1 aromatic heterocycles. The van der Waals surface area contributed by atoms with Crippen molar-refractivity contribution in [1.82, 2.24) is 13.5 Å². The van der Waals surface area contributed by atoms with Gasteiger partial charge in [-0.05, 0) is 6.92 Å². The molecule has 0 aliphatic heterocycles. The lowest BCUT2D eigenvalue weighted by Gasteiger charge is -2.17. The predicted octanol–water partition coefficient (Wildman–Crippen LogP) is 1.41. The molecule has 1 heterocycles. The van der Waals surface area contributed by atoms with Crippen LogP contribution in [0.4, 0.5) is 0 Å². The quantitative estimate of drug-likeness (QED) is 0.652. The topological polar surface area (TPSA) is 57.8 Å². The van der Waals surface area contributed by atoms with E-state index in [2.05, 4.69) is 13.5 Å². The average molecular weight is 293 g/mol. The Morgan fingerprint density at radius 1 is 1.77 bits per heavy atom. The van der Waals surface area contributed by atoms with Gasteiger partial charge in [0.05, 0.1) is 18.1 Å². The van der Waals surface area contributed by atoms with Crippen LogP contribution in [0.1, 0.15) is 25.5 Å². The van der Waals surface area contributed by atoms with Gasteiger partial charge in [0.2, 0.25) is 0 Å². The van der Waals surface area contributed by atoms with Gasteiger partial charge in [0.25, 0.3) is 0 Å². The molecule has 0 saturated carbocycles. The molecule has 0 saturated heterocycles. The molecule has 1 rings (SSSR count). The summed E-state index contributed by atoms with van der Waals surface area (Å²) in [7, 11) is 0. The third kappa shape index (κ3) is 2.50. The van der Waals surface area contributed by atoms with Crippen LogP contribution in [0, 0.1) is 0 Å². The fourth-order valence-corrected chi connectivity index (χ4v) is 2.19. The fourth-order valence-electron chi connectivity index (χ4n) is 1.21. The summed E-state index contributed by atoms with van der Waals surface area (Å²) in [6.45, 7) is 3.56. The smallest absolute Gasteiger partial charge is 0.148 e. The van der Waals surface area contributed by atoms with E-state index in [9.17, 15) is 4.79 Å². The largest absolute Gasteiger partial charge is 0.351 e. The Hall–Kier alpha value is -0.430. The molecule has 0 spiro atoms. The van der Waals surface area contributed by atoms with Gasteiger partial charge in [-0.1, -0.05) is 6.92 Å². The Morgan fingerprint density at radius 3 is 2.85 bits per heavy atom. The summed E-state index contributed by atoms with van der Waals surface area (Å²) >= 11 is 2.00. The summed E-state index contributed by atoms with van der Waals surface area (Å²) in [6.07, 6.45) is 3.44. The molecule has 13 heavy (non-hydrogen) atoms. The molecular weight excluding hydrogens is 281 g/mol. The SMILES string of the molecule is CC(=O)C(NI)C(C)c1c[nH]cn1. The van der Waals surface area contributed by atoms with Crippen LogP contribution in [0.3, 0.4) is 0 Å². The first-order chi connectivity index (χ1) is 6.16. The highest BCUT2D eigenvalue weighted by Gasteiger charge is 2.23. The molecule has 0 aromatic carbocycles. The number of imidazole rings is 1. The Kier molecular flexibility index (Phi) is 3.86. The molecular formula is C8H12IN3O. The number of H-pyrrole nitrogens is 1. The molecule has 0 aliphatic rings. The molecule has 72 valence electrons. The standard InChI is InChI=1S/C8H12IN3O/c1-5(7-3-10-4-11-7)8(12-9)6(2)13/h3-5,8,12H,1-2H3,(H,10,11). The Balaban J connectivity index is 2.76. The van der Waals surface area contributed by atoms with Crippen molar-refractivity contribution in [2.24, 2.45) is 0 Å². The maximum atomic E-state index is 11.2. The lowest BCUT2D eigenvalue weighted by Crippen LogP contribution is -2.33. The molecule has 0 bridgehead atoms. The Bertz CT molecular complexity index is 273. The first kappa shape index (κ1) is 10.6. The molecule has 2 atom stereocenters. The van der Waals surface area contributed by atoms with E-state index in [-0.39, 0.29) is 17.7 Å². The number of halogens is 1. The summed E-state index contributed by atoms with van der Waals surface area (Å²) < 4.78 is 2.96. The zero-order valence-corrected chi connectivity index (χ0v) is 9.70. The van der Waals surface area contributed by atoms with Crippen molar-refractivity contribution >= 4 is 28.6 Å². The van der Waals surface area contributed by atoms with E-state index in [0.717, 1.165) is 5.69 Å². The first-order valence-corrected chi connectivity index (χ1v) is 5.10. The van der Waals surface area contributed by atoms with E-state index >= 15 is 0 Å². The number of Topliss-reactive ketones (excluding diaryl/α,β-unsaturated/α-hetero) is 1. The monoisotopic (exact) mass is 293 g/mol. The third-order valence-corrected chi connectivity index (χ3v) is 2.71. The van der Waals surface area contributed by atoms with Gasteiger partial charge in [-0.25, -0.2) is 8.51 Å². The van der Waals surface area contributed by atoms with Gasteiger partial charge in [-0.2, -0.15) is 0 Å². The summed E-state index contributed by atoms with van der Waals surface area (Å²) in [5, 5.41) is 0. The normalized spacial score (nSPS) is 15.3. The molecule has 5 heteroatoms. The van der Waals surface area contributed by atoms with Crippen molar-refractivity contribution in [2.75, 3.05) is 0 Å². The van der Waals surface area contributed by atoms with E-state index in [0.29, 0.717) is 0 Å². The van der Waals surface area contributed by atoms with Gasteiger partial charge < -0.3 is 4.98 Å². The molecule has 0 aliphatic carbocycles. The summed E-state index contributed by atoms with van der Waals surface area (Å²) in [5.41, 5.74) is 0.907. The molecule has 0 radical (unpaired) electrons. The van der Waals surface area contributed by atoms with Crippen LogP contribution in [0.25, 0.3) is 0 Å². The van der Waals surface area contributed by atoms with Gasteiger partial charge >= 0.3 is 0 Å².